The van der Waals surface area contributed by atoms with E-state index in [2.05, 4.69) is 10.6 Å². The number of hydrogen-bond donors (Lipinski definition) is 2. The van der Waals surface area contributed by atoms with E-state index in [0.29, 0.717) is 17.7 Å². The van der Waals surface area contributed by atoms with Gasteiger partial charge in [0.05, 0.1) is 23.2 Å². The van der Waals surface area contributed by atoms with Gasteiger partial charge in [-0.2, -0.15) is 0 Å². The lowest BCUT2D eigenvalue weighted by atomic mass is 10.0. The number of hydrogen-bond acceptors (Lipinski definition) is 3. The summed E-state index contributed by atoms with van der Waals surface area (Å²) >= 11 is 0. The maximum absolute atomic E-state index is 13.1. The van der Waals surface area contributed by atoms with Crippen LogP contribution in [0.15, 0.2) is 84.9 Å². The van der Waals surface area contributed by atoms with E-state index >= 15 is 0 Å². The molecule has 0 saturated heterocycles. The summed E-state index contributed by atoms with van der Waals surface area (Å²) in [6, 6.07) is 26.5. The average Bonchev–Trinajstić information content (AvgIpc) is 2.80. The minimum absolute atomic E-state index is 0.0523. The molecule has 2 N–H and O–H groups in total. The molecule has 0 aliphatic heterocycles. The van der Waals surface area contributed by atoms with Crippen molar-refractivity contribution in [2.24, 2.45) is 0 Å². The number of para-hydroxylation sites is 1. The van der Waals surface area contributed by atoms with Crippen molar-refractivity contribution in [2.45, 2.75) is 6.42 Å². The fraction of sp³-hybridized carbons (Fsp3) is 0.0800. The van der Waals surface area contributed by atoms with Gasteiger partial charge in [-0.15, -0.1) is 0 Å². The van der Waals surface area contributed by atoms with Gasteiger partial charge >= 0.3 is 0 Å². The van der Waals surface area contributed by atoms with Crippen molar-refractivity contribution in [3.8, 4) is 11.3 Å². The highest BCUT2D eigenvalue weighted by Crippen LogP contribution is 2.25. The molecule has 1 aromatic heterocycles. The Morgan fingerprint density at radius 1 is 0.867 bits per heavy atom. The molecule has 0 aliphatic rings. The van der Waals surface area contributed by atoms with Crippen LogP contribution in [0.25, 0.3) is 22.2 Å². The van der Waals surface area contributed by atoms with Crippen LogP contribution in [0.4, 0.5) is 5.69 Å². The molecule has 2 amide bonds. The van der Waals surface area contributed by atoms with Gasteiger partial charge in [0.2, 0.25) is 5.91 Å². The summed E-state index contributed by atoms with van der Waals surface area (Å²) in [5.74, 6) is -0.256. The number of amides is 2. The van der Waals surface area contributed by atoms with Crippen molar-refractivity contribution in [1.29, 1.82) is 0 Å². The van der Waals surface area contributed by atoms with Crippen molar-refractivity contribution in [1.82, 2.24) is 10.3 Å². The highest BCUT2D eigenvalue weighted by atomic mass is 16.2. The molecule has 0 bridgehead atoms. The number of aromatic nitrogens is 1. The van der Waals surface area contributed by atoms with Crippen LogP contribution in [0.1, 0.15) is 15.9 Å². The smallest absolute Gasteiger partial charge is 0.256 e. The second kappa shape index (κ2) is 8.57. The summed E-state index contributed by atoms with van der Waals surface area (Å²) < 4.78 is 0. The minimum atomic E-state index is -0.204. The number of anilines is 1. The topological polar surface area (TPSA) is 71.1 Å². The SMILES string of the molecule is CNC(=O)Cc1ccc(NC(=O)c2cc(-c3ccccc3)nc3ccccc23)cc1. The zero-order valence-corrected chi connectivity index (χ0v) is 16.6. The first kappa shape index (κ1) is 19.3. The second-order valence-electron chi connectivity index (χ2n) is 6.94. The molecule has 4 aromatic rings. The molecule has 0 atom stereocenters. The molecule has 3 aromatic carbocycles. The predicted octanol–water partition coefficient (Wildman–Crippen LogP) is 4.44. The summed E-state index contributed by atoms with van der Waals surface area (Å²) in [5.41, 5.74) is 4.59. The first-order valence-electron chi connectivity index (χ1n) is 9.70. The fourth-order valence-corrected chi connectivity index (χ4v) is 3.30. The molecule has 0 unspecified atom stereocenters. The Kier molecular flexibility index (Phi) is 5.52. The monoisotopic (exact) mass is 395 g/mol. The van der Waals surface area contributed by atoms with Crippen LogP contribution >= 0.6 is 0 Å². The lowest BCUT2D eigenvalue weighted by Crippen LogP contribution is -2.19. The summed E-state index contributed by atoms with van der Waals surface area (Å²) in [4.78, 5) is 29.4. The summed E-state index contributed by atoms with van der Waals surface area (Å²) in [7, 11) is 1.61. The van der Waals surface area contributed by atoms with Gasteiger partial charge in [-0.05, 0) is 29.8 Å². The van der Waals surface area contributed by atoms with Gasteiger partial charge in [-0.1, -0.05) is 60.7 Å². The highest BCUT2D eigenvalue weighted by molar-refractivity contribution is 6.13. The van der Waals surface area contributed by atoms with E-state index in [1.165, 1.54) is 0 Å². The molecule has 5 nitrogen and oxygen atoms in total. The van der Waals surface area contributed by atoms with Crippen molar-refractivity contribution >= 4 is 28.4 Å². The third-order valence-electron chi connectivity index (χ3n) is 4.89. The second-order valence-corrected chi connectivity index (χ2v) is 6.94. The van der Waals surface area contributed by atoms with E-state index < -0.39 is 0 Å². The third kappa shape index (κ3) is 4.20. The number of likely N-dealkylation sites (N-methyl/N-ethyl adjacent to an activating group) is 1. The quantitative estimate of drug-likeness (QED) is 0.525. The predicted molar refractivity (Wildman–Crippen MR) is 119 cm³/mol. The molecule has 0 fully saturated rings. The van der Waals surface area contributed by atoms with Crippen LogP contribution in [-0.2, 0) is 11.2 Å². The number of fused-ring (bicyclic) bond motifs is 1. The average molecular weight is 395 g/mol. The Balaban J connectivity index is 1.65. The molecule has 148 valence electrons. The number of carbonyl (C=O) groups is 2. The van der Waals surface area contributed by atoms with Crippen LogP contribution in [0, 0.1) is 0 Å². The molecule has 30 heavy (non-hydrogen) atoms. The van der Waals surface area contributed by atoms with Gasteiger partial charge in [0.1, 0.15) is 0 Å². The van der Waals surface area contributed by atoms with Crippen LogP contribution < -0.4 is 10.6 Å². The van der Waals surface area contributed by atoms with E-state index in [1.807, 2.05) is 72.8 Å². The first-order valence-corrected chi connectivity index (χ1v) is 9.70. The lowest BCUT2D eigenvalue weighted by Gasteiger charge is -2.11. The number of carbonyl (C=O) groups excluding carboxylic acids is 2. The molecule has 4 rings (SSSR count). The Labute approximate surface area is 174 Å². The number of rotatable bonds is 5. The zero-order chi connectivity index (χ0) is 20.9. The Bertz CT molecular complexity index is 1200. The molecule has 0 saturated carbocycles. The van der Waals surface area contributed by atoms with Gasteiger partial charge in [0.25, 0.3) is 5.91 Å². The molecule has 1 heterocycles. The summed E-state index contributed by atoms with van der Waals surface area (Å²) in [5, 5.41) is 6.36. The Hall–Kier alpha value is -3.99. The van der Waals surface area contributed by atoms with Crippen LogP contribution in [0.5, 0.6) is 0 Å². The van der Waals surface area contributed by atoms with Crippen molar-refractivity contribution in [2.75, 3.05) is 12.4 Å². The molecule has 5 heteroatoms. The van der Waals surface area contributed by atoms with Gasteiger partial charge in [0.15, 0.2) is 0 Å². The van der Waals surface area contributed by atoms with Crippen LogP contribution in [0.3, 0.4) is 0 Å². The minimum Gasteiger partial charge on any atom is -0.359 e. The van der Waals surface area contributed by atoms with E-state index in [1.54, 1.807) is 19.2 Å². The summed E-state index contributed by atoms with van der Waals surface area (Å²) in [6.07, 6.45) is 0.306. The van der Waals surface area contributed by atoms with Crippen LogP contribution in [0.2, 0.25) is 0 Å². The van der Waals surface area contributed by atoms with Crippen molar-refractivity contribution in [3.63, 3.8) is 0 Å². The van der Waals surface area contributed by atoms with E-state index in [0.717, 1.165) is 27.7 Å². The lowest BCUT2D eigenvalue weighted by molar-refractivity contribution is -0.119. The van der Waals surface area contributed by atoms with Gasteiger partial charge in [0, 0.05) is 23.7 Å². The molecular weight excluding hydrogens is 374 g/mol. The highest BCUT2D eigenvalue weighted by Gasteiger charge is 2.14. The zero-order valence-electron chi connectivity index (χ0n) is 16.6. The number of nitrogens with zero attached hydrogens (tertiary/aromatic N) is 1. The Morgan fingerprint density at radius 2 is 1.57 bits per heavy atom. The van der Waals surface area contributed by atoms with Gasteiger partial charge < -0.3 is 10.6 Å². The Morgan fingerprint density at radius 3 is 2.30 bits per heavy atom. The van der Waals surface area contributed by atoms with Crippen molar-refractivity contribution in [3.05, 3.63) is 96.1 Å². The third-order valence-corrected chi connectivity index (χ3v) is 4.89. The van der Waals surface area contributed by atoms with E-state index in [-0.39, 0.29) is 11.8 Å². The van der Waals surface area contributed by atoms with Crippen molar-refractivity contribution < 1.29 is 9.59 Å². The molecule has 0 radical (unpaired) electrons. The van der Waals surface area contributed by atoms with Gasteiger partial charge in [-0.3, -0.25) is 9.59 Å². The fourth-order valence-electron chi connectivity index (χ4n) is 3.30. The standard InChI is InChI=1S/C25H21N3O2/c1-26-24(29)15-17-11-13-19(14-12-17)27-25(30)21-16-23(18-7-3-2-4-8-18)28-22-10-6-5-9-20(21)22/h2-14,16H,15H2,1H3,(H,26,29)(H,27,30). The van der Waals surface area contributed by atoms with Gasteiger partial charge in [-0.25, -0.2) is 4.98 Å². The maximum Gasteiger partial charge on any atom is 0.256 e. The number of benzene rings is 3. The largest absolute Gasteiger partial charge is 0.359 e. The summed E-state index contributed by atoms with van der Waals surface area (Å²) in [6.45, 7) is 0. The normalized spacial score (nSPS) is 10.6. The molecule has 0 spiro atoms. The van der Waals surface area contributed by atoms with Crippen LogP contribution in [-0.4, -0.2) is 23.8 Å². The number of pyridine rings is 1. The van der Waals surface area contributed by atoms with E-state index in [4.69, 9.17) is 4.98 Å². The van der Waals surface area contributed by atoms with E-state index in [9.17, 15) is 9.59 Å². The first-order chi connectivity index (χ1) is 14.6. The number of nitrogens with one attached hydrogen (secondary N) is 2. The molecule has 0 aliphatic carbocycles. The maximum atomic E-state index is 13.1. The molecular formula is C25H21N3O2.